The number of nitrogens with zero attached hydrogens (tertiary/aromatic N) is 2. The third-order valence-electron chi connectivity index (χ3n) is 3.02. The molecule has 2 aromatic rings. The molecule has 18 heavy (non-hydrogen) atoms. The van der Waals surface area contributed by atoms with Crippen LogP contribution in [0.2, 0.25) is 0 Å². The van der Waals surface area contributed by atoms with Crippen molar-refractivity contribution in [1.82, 2.24) is 0 Å². The van der Waals surface area contributed by atoms with Gasteiger partial charge in [-0.3, -0.25) is 0 Å². The second-order valence-corrected chi connectivity index (χ2v) is 5.88. The number of anilines is 1. The van der Waals surface area contributed by atoms with E-state index >= 15 is 0 Å². The van der Waals surface area contributed by atoms with Gasteiger partial charge in [-0.15, -0.1) is 11.3 Å². The van der Waals surface area contributed by atoms with Crippen LogP contribution in [0.3, 0.4) is 0 Å². The van der Waals surface area contributed by atoms with Crippen LogP contribution >= 0.6 is 27.3 Å². The zero-order valence-corrected chi connectivity index (χ0v) is 12.6. The van der Waals surface area contributed by atoms with Crippen LogP contribution in [0.1, 0.15) is 23.4 Å². The highest BCUT2D eigenvalue weighted by molar-refractivity contribution is 9.10. The first kappa shape index (κ1) is 13.1. The zero-order chi connectivity index (χ0) is 13.1. The van der Waals surface area contributed by atoms with Crippen LogP contribution in [0.4, 0.5) is 5.69 Å². The normalized spacial score (nSPS) is 11.9. The van der Waals surface area contributed by atoms with Crippen molar-refractivity contribution in [1.29, 1.82) is 5.26 Å². The average Bonchev–Trinajstić information content (AvgIpc) is 2.90. The van der Waals surface area contributed by atoms with Crippen molar-refractivity contribution in [3.05, 3.63) is 50.6 Å². The van der Waals surface area contributed by atoms with E-state index in [4.69, 9.17) is 0 Å². The van der Waals surface area contributed by atoms with E-state index in [1.807, 2.05) is 25.2 Å². The fourth-order valence-electron chi connectivity index (χ4n) is 1.85. The van der Waals surface area contributed by atoms with Crippen molar-refractivity contribution in [2.24, 2.45) is 0 Å². The number of benzene rings is 1. The van der Waals surface area contributed by atoms with E-state index in [9.17, 15) is 5.26 Å². The van der Waals surface area contributed by atoms with Crippen molar-refractivity contribution in [3.8, 4) is 6.07 Å². The van der Waals surface area contributed by atoms with Gasteiger partial charge >= 0.3 is 0 Å². The number of hydrogen-bond donors (Lipinski definition) is 0. The summed E-state index contributed by atoms with van der Waals surface area (Å²) in [7, 11) is 2.02. The van der Waals surface area contributed by atoms with E-state index in [0.29, 0.717) is 5.56 Å². The maximum Gasteiger partial charge on any atom is 0.103 e. The minimum absolute atomic E-state index is 0.256. The molecule has 1 heterocycles. The summed E-state index contributed by atoms with van der Waals surface area (Å²) >= 11 is 5.16. The Kier molecular flexibility index (Phi) is 4.05. The third kappa shape index (κ3) is 2.43. The molecule has 0 aliphatic carbocycles. The fourth-order valence-corrected chi connectivity index (χ4v) is 3.12. The van der Waals surface area contributed by atoms with Crippen molar-refractivity contribution >= 4 is 33.0 Å². The van der Waals surface area contributed by atoms with Gasteiger partial charge in [0.15, 0.2) is 0 Å². The van der Waals surface area contributed by atoms with Gasteiger partial charge in [0.05, 0.1) is 17.3 Å². The lowest BCUT2D eigenvalue weighted by atomic mass is 10.1. The Balaban J connectivity index is 2.38. The van der Waals surface area contributed by atoms with Gasteiger partial charge in [0, 0.05) is 16.4 Å². The van der Waals surface area contributed by atoms with E-state index in [2.05, 4.69) is 51.3 Å². The molecule has 0 saturated heterocycles. The maximum absolute atomic E-state index is 9.26. The average molecular weight is 321 g/mol. The van der Waals surface area contributed by atoms with Gasteiger partial charge < -0.3 is 4.90 Å². The Morgan fingerprint density at radius 1 is 1.33 bits per heavy atom. The summed E-state index contributed by atoms with van der Waals surface area (Å²) in [6, 6.07) is 12.5. The molecule has 0 aliphatic rings. The molecule has 2 nitrogen and oxygen atoms in total. The third-order valence-corrected chi connectivity index (χ3v) is 4.72. The van der Waals surface area contributed by atoms with Crippen molar-refractivity contribution in [3.63, 3.8) is 0 Å². The summed E-state index contributed by atoms with van der Waals surface area (Å²) in [6.07, 6.45) is 0. The van der Waals surface area contributed by atoms with E-state index in [1.165, 1.54) is 4.88 Å². The van der Waals surface area contributed by atoms with Crippen molar-refractivity contribution in [2.75, 3.05) is 11.9 Å². The summed E-state index contributed by atoms with van der Waals surface area (Å²) in [5.74, 6) is 0. The number of hydrogen-bond acceptors (Lipinski definition) is 3. The molecule has 0 saturated carbocycles. The molecular weight excluding hydrogens is 308 g/mol. The molecule has 1 atom stereocenters. The quantitative estimate of drug-likeness (QED) is 0.827. The first-order valence-corrected chi connectivity index (χ1v) is 7.27. The smallest absolute Gasteiger partial charge is 0.103 e. The van der Waals surface area contributed by atoms with E-state index < -0.39 is 0 Å². The Hall–Kier alpha value is -1.31. The Labute approximate surface area is 120 Å². The molecule has 0 radical (unpaired) electrons. The standard InChI is InChI=1S/C14H13BrN2S/c1-10(14-7-4-8-18-14)17(2)13-6-3-5-12(15)11(13)9-16/h3-8,10H,1-2H3. The largest absolute Gasteiger partial charge is 0.366 e. The first-order chi connectivity index (χ1) is 8.65. The molecule has 0 fully saturated rings. The van der Waals surface area contributed by atoms with Gasteiger partial charge in [0.25, 0.3) is 0 Å². The maximum atomic E-state index is 9.26. The molecular formula is C14H13BrN2S. The van der Waals surface area contributed by atoms with Crippen LogP contribution in [0.5, 0.6) is 0 Å². The number of rotatable bonds is 3. The van der Waals surface area contributed by atoms with Gasteiger partial charge in [-0.1, -0.05) is 12.1 Å². The van der Waals surface area contributed by atoms with E-state index in [1.54, 1.807) is 11.3 Å². The summed E-state index contributed by atoms with van der Waals surface area (Å²) in [5.41, 5.74) is 1.64. The SMILES string of the molecule is CC(c1cccs1)N(C)c1cccc(Br)c1C#N. The monoisotopic (exact) mass is 320 g/mol. The molecule has 2 rings (SSSR count). The van der Waals surface area contributed by atoms with Crippen LogP contribution in [0.15, 0.2) is 40.2 Å². The summed E-state index contributed by atoms with van der Waals surface area (Å²) in [5, 5.41) is 11.3. The second-order valence-electron chi connectivity index (χ2n) is 4.05. The molecule has 92 valence electrons. The van der Waals surface area contributed by atoms with Gasteiger partial charge in [0.1, 0.15) is 6.07 Å². The van der Waals surface area contributed by atoms with Crippen molar-refractivity contribution < 1.29 is 0 Å². The lowest BCUT2D eigenvalue weighted by Gasteiger charge is -2.27. The summed E-state index contributed by atoms with van der Waals surface area (Å²) < 4.78 is 0.840. The Morgan fingerprint density at radius 2 is 2.11 bits per heavy atom. The van der Waals surface area contributed by atoms with E-state index in [0.717, 1.165) is 10.2 Å². The minimum atomic E-state index is 0.256. The highest BCUT2D eigenvalue weighted by Gasteiger charge is 2.17. The molecule has 0 bridgehead atoms. The molecule has 0 amide bonds. The molecule has 1 aromatic carbocycles. The summed E-state index contributed by atoms with van der Waals surface area (Å²) in [6.45, 7) is 2.15. The number of thiophene rings is 1. The predicted octanol–water partition coefficient (Wildman–Crippen LogP) is 4.58. The first-order valence-electron chi connectivity index (χ1n) is 5.60. The van der Waals surface area contributed by atoms with Gasteiger partial charge in [-0.05, 0) is 46.4 Å². The highest BCUT2D eigenvalue weighted by atomic mass is 79.9. The minimum Gasteiger partial charge on any atom is -0.366 e. The zero-order valence-electron chi connectivity index (χ0n) is 10.2. The molecule has 0 aliphatic heterocycles. The lowest BCUT2D eigenvalue weighted by molar-refractivity contribution is 0.753. The van der Waals surface area contributed by atoms with Gasteiger partial charge in [-0.2, -0.15) is 5.26 Å². The van der Waals surface area contributed by atoms with Crippen LogP contribution in [-0.4, -0.2) is 7.05 Å². The molecule has 0 spiro atoms. The fraction of sp³-hybridized carbons (Fsp3) is 0.214. The molecule has 1 aromatic heterocycles. The van der Waals surface area contributed by atoms with Gasteiger partial charge in [-0.25, -0.2) is 0 Å². The predicted molar refractivity (Wildman–Crippen MR) is 80.0 cm³/mol. The van der Waals surface area contributed by atoms with Gasteiger partial charge in [0.2, 0.25) is 0 Å². The van der Waals surface area contributed by atoms with E-state index in [-0.39, 0.29) is 6.04 Å². The molecule has 0 N–H and O–H groups in total. The van der Waals surface area contributed by atoms with Crippen LogP contribution in [0.25, 0.3) is 0 Å². The summed E-state index contributed by atoms with van der Waals surface area (Å²) in [4.78, 5) is 3.43. The molecule has 4 heteroatoms. The topological polar surface area (TPSA) is 27.0 Å². The highest BCUT2D eigenvalue weighted by Crippen LogP contribution is 2.32. The van der Waals surface area contributed by atoms with Crippen LogP contribution in [0, 0.1) is 11.3 Å². The number of nitriles is 1. The Morgan fingerprint density at radius 3 is 2.72 bits per heavy atom. The van der Waals surface area contributed by atoms with Crippen LogP contribution in [-0.2, 0) is 0 Å². The number of halogens is 1. The lowest BCUT2D eigenvalue weighted by Crippen LogP contribution is -2.21. The molecule has 1 unspecified atom stereocenters. The Bertz CT molecular complexity index is 572. The van der Waals surface area contributed by atoms with Crippen LogP contribution < -0.4 is 4.90 Å². The van der Waals surface area contributed by atoms with Crippen molar-refractivity contribution in [2.45, 2.75) is 13.0 Å². The second kappa shape index (κ2) is 5.55.